The van der Waals surface area contributed by atoms with E-state index >= 15 is 0 Å². The molecule has 0 saturated carbocycles. The zero-order chi connectivity index (χ0) is 15.0. The largest absolute Gasteiger partial charge is 0.324 e. The predicted molar refractivity (Wildman–Crippen MR) is 82.5 cm³/mol. The summed E-state index contributed by atoms with van der Waals surface area (Å²) in [6, 6.07) is 12.9. The summed E-state index contributed by atoms with van der Waals surface area (Å²) in [7, 11) is 1.91. The molecule has 0 radical (unpaired) electrons. The molecular weight excluding hydrogens is 265 g/mol. The van der Waals surface area contributed by atoms with E-state index in [9.17, 15) is 4.39 Å². The Morgan fingerprint density at radius 1 is 1.19 bits per heavy atom. The van der Waals surface area contributed by atoms with Gasteiger partial charge in [-0.1, -0.05) is 36.4 Å². The van der Waals surface area contributed by atoms with Crippen LogP contribution in [-0.4, -0.2) is 9.78 Å². The molecule has 1 atom stereocenters. The highest BCUT2D eigenvalue weighted by Crippen LogP contribution is 2.24. The molecule has 1 aromatic heterocycles. The fraction of sp³-hybridized carbons (Fsp3) is 0.235. The van der Waals surface area contributed by atoms with E-state index in [2.05, 4.69) is 5.10 Å². The van der Waals surface area contributed by atoms with Gasteiger partial charge in [0.2, 0.25) is 0 Å². The van der Waals surface area contributed by atoms with Gasteiger partial charge in [-0.25, -0.2) is 4.39 Å². The van der Waals surface area contributed by atoms with Crippen molar-refractivity contribution in [2.45, 2.75) is 19.4 Å². The number of para-hydroxylation sites is 1. The van der Waals surface area contributed by atoms with Gasteiger partial charge >= 0.3 is 0 Å². The van der Waals surface area contributed by atoms with Crippen LogP contribution in [0.3, 0.4) is 0 Å². The Labute approximate surface area is 123 Å². The van der Waals surface area contributed by atoms with E-state index in [1.54, 1.807) is 19.1 Å². The van der Waals surface area contributed by atoms with Crippen molar-refractivity contribution in [2.24, 2.45) is 12.8 Å². The molecule has 0 fully saturated rings. The highest BCUT2D eigenvalue weighted by molar-refractivity contribution is 5.81. The number of halogens is 1. The van der Waals surface area contributed by atoms with Crippen LogP contribution in [0.15, 0.2) is 42.5 Å². The molecule has 0 aliphatic carbocycles. The second kappa shape index (κ2) is 5.30. The van der Waals surface area contributed by atoms with Gasteiger partial charge in [-0.3, -0.25) is 4.68 Å². The Bertz CT molecular complexity index is 792. The zero-order valence-corrected chi connectivity index (χ0v) is 12.2. The van der Waals surface area contributed by atoms with Gasteiger partial charge in [0.15, 0.2) is 0 Å². The van der Waals surface area contributed by atoms with E-state index in [1.807, 2.05) is 42.1 Å². The second-order valence-corrected chi connectivity index (χ2v) is 5.38. The predicted octanol–water partition coefficient (Wildman–Crippen LogP) is 3.26. The van der Waals surface area contributed by atoms with Crippen molar-refractivity contribution in [1.82, 2.24) is 9.78 Å². The van der Waals surface area contributed by atoms with Crippen LogP contribution in [0.1, 0.15) is 22.9 Å². The Morgan fingerprint density at radius 2 is 1.95 bits per heavy atom. The zero-order valence-electron chi connectivity index (χ0n) is 12.2. The average Bonchev–Trinajstić information content (AvgIpc) is 2.79. The first-order chi connectivity index (χ1) is 10.1. The topological polar surface area (TPSA) is 43.8 Å². The van der Waals surface area contributed by atoms with Crippen molar-refractivity contribution in [2.75, 3.05) is 0 Å². The Kier molecular flexibility index (Phi) is 3.47. The molecule has 3 nitrogen and oxygen atoms in total. The van der Waals surface area contributed by atoms with E-state index in [-0.39, 0.29) is 5.82 Å². The summed E-state index contributed by atoms with van der Waals surface area (Å²) in [6.07, 6.45) is 0.516. The number of aromatic nitrogens is 2. The summed E-state index contributed by atoms with van der Waals surface area (Å²) in [5, 5.41) is 5.59. The number of nitrogens with zero attached hydrogens (tertiary/aromatic N) is 2. The van der Waals surface area contributed by atoms with Gasteiger partial charge in [-0.05, 0) is 18.6 Å². The van der Waals surface area contributed by atoms with Gasteiger partial charge in [0, 0.05) is 30.5 Å². The van der Waals surface area contributed by atoms with Gasteiger partial charge < -0.3 is 5.73 Å². The lowest BCUT2D eigenvalue weighted by atomic mass is 9.99. The molecule has 21 heavy (non-hydrogen) atoms. The lowest BCUT2D eigenvalue weighted by Crippen LogP contribution is -2.16. The molecule has 0 aliphatic heterocycles. The van der Waals surface area contributed by atoms with Crippen molar-refractivity contribution in [3.05, 3.63) is 65.1 Å². The van der Waals surface area contributed by atoms with E-state index in [4.69, 9.17) is 5.73 Å². The SMILES string of the molecule is Cc1cccc(C(N)Cc2nn(C)c3ccccc23)c1F. The second-order valence-electron chi connectivity index (χ2n) is 5.38. The quantitative estimate of drug-likeness (QED) is 0.801. The third kappa shape index (κ3) is 2.43. The standard InChI is InChI=1S/C17H18FN3/c1-11-6-5-8-12(17(11)18)14(19)10-15-13-7-3-4-9-16(13)21(2)20-15/h3-9,14H,10,19H2,1-2H3. The van der Waals surface area contributed by atoms with E-state index < -0.39 is 6.04 Å². The van der Waals surface area contributed by atoms with Crippen LogP contribution in [0, 0.1) is 12.7 Å². The Morgan fingerprint density at radius 3 is 2.76 bits per heavy atom. The van der Waals surface area contributed by atoms with Crippen molar-refractivity contribution in [1.29, 1.82) is 0 Å². The maximum Gasteiger partial charge on any atom is 0.130 e. The maximum atomic E-state index is 14.2. The Balaban J connectivity index is 1.97. The minimum absolute atomic E-state index is 0.217. The summed E-state index contributed by atoms with van der Waals surface area (Å²) in [5.41, 5.74) is 9.34. The van der Waals surface area contributed by atoms with Crippen molar-refractivity contribution < 1.29 is 4.39 Å². The number of rotatable bonds is 3. The van der Waals surface area contributed by atoms with Crippen molar-refractivity contribution >= 4 is 10.9 Å². The summed E-state index contributed by atoms with van der Waals surface area (Å²) < 4.78 is 16.0. The number of benzene rings is 2. The number of hydrogen-bond donors (Lipinski definition) is 1. The van der Waals surface area contributed by atoms with Crippen LogP contribution in [-0.2, 0) is 13.5 Å². The summed E-state index contributed by atoms with van der Waals surface area (Å²) in [6.45, 7) is 1.75. The van der Waals surface area contributed by atoms with Crippen LogP contribution in [0.2, 0.25) is 0 Å². The highest BCUT2D eigenvalue weighted by atomic mass is 19.1. The molecule has 0 spiro atoms. The Hall–Kier alpha value is -2.20. The van der Waals surface area contributed by atoms with Crippen LogP contribution in [0.4, 0.5) is 4.39 Å². The first kappa shape index (κ1) is 13.8. The van der Waals surface area contributed by atoms with Crippen LogP contribution in [0.25, 0.3) is 10.9 Å². The summed E-state index contributed by atoms with van der Waals surface area (Å²) >= 11 is 0. The molecule has 3 aromatic rings. The van der Waals surface area contributed by atoms with Crippen LogP contribution >= 0.6 is 0 Å². The molecule has 2 aromatic carbocycles. The van der Waals surface area contributed by atoms with Gasteiger partial charge in [0.05, 0.1) is 11.2 Å². The third-order valence-corrected chi connectivity index (χ3v) is 3.87. The molecule has 4 heteroatoms. The smallest absolute Gasteiger partial charge is 0.130 e. The molecule has 3 rings (SSSR count). The number of hydrogen-bond acceptors (Lipinski definition) is 2. The third-order valence-electron chi connectivity index (χ3n) is 3.87. The van der Waals surface area contributed by atoms with Gasteiger partial charge in [0.1, 0.15) is 5.82 Å². The van der Waals surface area contributed by atoms with Gasteiger partial charge in [-0.15, -0.1) is 0 Å². The van der Waals surface area contributed by atoms with E-state index in [0.29, 0.717) is 17.5 Å². The number of nitrogens with two attached hydrogens (primary N) is 1. The van der Waals surface area contributed by atoms with E-state index in [1.165, 1.54) is 0 Å². The lowest BCUT2D eigenvalue weighted by Gasteiger charge is -2.13. The lowest BCUT2D eigenvalue weighted by molar-refractivity contribution is 0.569. The molecule has 0 saturated heterocycles. The molecule has 0 bridgehead atoms. The van der Waals surface area contributed by atoms with Crippen molar-refractivity contribution in [3.63, 3.8) is 0 Å². The monoisotopic (exact) mass is 283 g/mol. The summed E-state index contributed by atoms with van der Waals surface area (Å²) in [5.74, 6) is -0.217. The van der Waals surface area contributed by atoms with Gasteiger partial charge in [0.25, 0.3) is 0 Å². The van der Waals surface area contributed by atoms with Crippen LogP contribution in [0.5, 0.6) is 0 Å². The normalized spacial score (nSPS) is 12.8. The van der Waals surface area contributed by atoms with Crippen LogP contribution < -0.4 is 5.73 Å². The molecule has 1 unspecified atom stereocenters. The molecule has 2 N–H and O–H groups in total. The molecular formula is C17H18FN3. The first-order valence-electron chi connectivity index (χ1n) is 6.99. The van der Waals surface area contributed by atoms with Crippen molar-refractivity contribution in [3.8, 4) is 0 Å². The fourth-order valence-electron chi connectivity index (χ4n) is 2.71. The molecule has 0 amide bonds. The summed E-state index contributed by atoms with van der Waals surface area (Å²) in [4.78, 5) is 0. The van der Waals surface area contributed by atoms with E-state index in [0.717, 1.165) is 16.6 Å². The van der Waals surface area contributed by atoms with Gasteiger partial charge in [-0.2, -0.15) is 5.10 Å². The highest BCUT2D eigenvalue weighted by Gasteiger charge is 2.17. The fourth-order valence-corrected chi connectivity index (χ4v) is 2.71. The maximum absolute atomic E-state index is 14.2. The molecule has 0 aliphatic rings. The molecule has 1 heterocycles. The minimum Gasteiger partial charge on any atom is -0.324 e. The minimum atomic E-state index is -0.400. The average molecular weight is 283 g/mol. The number of fused-ring (bicyclic) bond motifs is 1. The first-order valence-corrected chi connectivity index (χ1v) is 6.99. The molecule has 108 valence electrons. The number of aryl methyl sites for hydroxylation is 2.